The number of cyclic esters (lactones) is 1. The van der Waals surface area contributed by atoms with Crippen LogP contribution >= 0.6 is 0 Å². The highest BCUT2D eigenvalue weighted by Gasteiger charge is 2.72. The van der Waals surface area contributed by atoms with Gasteiger partial charge in [0.15, 0.2) is 0 Å². The Labute approximate surface area is 122 Å². The molecule has 0 aromatic rings. The maximum Gasteiger partial charge on any atom is 0.312 e. The molecule has 1 aliphatic heterocycles. The fraction of sp³-hybridized carbons (Fsp3) is 0.941. The number of carbonyl (C=O) groups excluding carboxylic acids is 1. The molecule has 0 aromatic carbocycles. The van der Waals surface area contributed by atoms with Crippen molar-refractivity contribution >= 4 is 5.97 Å². The summed E-state index contributed by atoms with van der Waals surface area (Å²) in [7, 11) is 0. The van der Waals surface area contributed by atoms with Gasteiger partial charge in [-0.1, -0.05) is 41.0 Å². The lowest BCUT2D eigenvalue weighted by Gasteiger charge is -2.38. The van der Waals surface area contributed by atoms with E-state index in [4.69, 9.17) is 9.47 Å². The summed E-state index contributed by atoms with van der Waals surface area (Å²) in [6.45, 7) is 11.2. The van der Waals surface area contributed by atoms with Gasteiger partial charge in [0.05, 0.1) is 12.0 Å². The maximum atomic E-state index is 11.9. The zero-order chi connectivity index (χ0) is 14.7. The van der Waals surface area contributed by atoms with E-state index in [-0.39, 0.29) is 35.6 Å². The molecule has 2 aliphatic carbocycles. The van der Waals surface area contributed by atoms with Crippen LogP contribution in [0, 0.1) is 35.0 Å². The van der Waals surface area contributed by atoms with Gasteiger partial charge in [0, 0.05) is 5.92 Å². The van der Waals surface area contributed by atoms with Crippen LogP contribution in [-0.4, -0.2) is 18.4 Å². The van der Waals surface area contributed by atoms with E-state index >= 15 is 0 Å². The molecule has 0 spiro atoms. The lowest BCUT2D eigenvalue weighted by atomic mass is 9.75. The third-order valence-corrected chi connectivity index (χ3v) is 5.96. The highest BCUT2D eigenvalue weighted by Crippen LogP contribution is 2.65. The number of fused-ring (bicyclic) bond motifs is 1. The van der Waals surface area contributed by atoms with E-state index in [1.807, 2.05) is 0 Å². The third kappa shape index (κ3) is 2.18. The van der Waals surface area contributed by atoms with Crippen LogP contribution in [0.25, 0.3) is 0 Å². The predicted molar refractivity (Wildman–Crippen MR) is 76.9 cm³/mol. The molecule has 0 radical (unpaired) electrons. The monoisotopic (exact) mass is 280 g/mol. The molecule has 6 atom stereocenters. The molecule has 0 aromatic heterocycles. The largest absolute Gasteiger partial charge is 0.435 e. The summed E-state index contributed by atoms with van der Waals surface area (Å²) in [5.74, 6) is 2.26. The molecule has 20 heavy (non-hydrogen) atoms. The second-order valence-corrected chi connectivity index (χ2v) is 8.13. The Morgan fingerprint density at radius 3 is 2.55 bits per heavy atom. The summed E-state index contributed by atoms with van der Waals surface area (Å²) in [6, 6.07) is 0. The van der Waals surface area contributed by atoms with Gasteiger partial charge in [-0.3, -0.25) is 4.79 Å². The highest BCUT2D eigenvalue weighted by atomic mass is 16.7. The van der Waals surface area contributed by atoms with Gasteiger partial charge in [-0.15, -0.1) is 0 Å². The Morgan fingerprint density at radius 1 is 1.30 bits per heavy atom. The molecule has 0 amide bonds. The molecule has 1 saturated heterocycles. The molecular formula is C17H28O3. The normalized spacial score (nSPS) is 46.2. The van der Waals surface area contributed by atoms with E-state index in [2.05, 4.69) is 34.6 Å². The lowest BCUT2D eigenvalue weighted by Crippen LogP contribution is -2.38. The Hall–Kier alpha value is -0.570. The first-order chi connectivity index (χ1) is 9.32. The van der Waals surface area contributed by atoms with Crippen molar-refractivity contribution in [3.05, 3.63) is 0 Å². The Balaban J connectivity index is 1.68. The van der Waals surface area contributed by atoms with Gasteiger partial charge >= 0.3 is 5.97 Å². The molecule has 3 fully saturated rings. The van der Waals surface area contributed by atoms with Crippen molar-refractivity contribution in [2.75, 3.05) is 0 Å². The minimum Gasteiger partial charge on any atom is -0.435 e. The van der Waals surface area contributed by atoms with Crippen molar-refractivity contribution in [1.82, 2.24) is 0 Å². The number of carbonyl (C=O) groups is 1. The first-order valence-corrected chi connectivity index (χ1v) is 8.18. The second-order valence-electron chi connectivity index (χ2n) is 8.13. The third-order valence-electron chi connectivity index (χ3n) is 5.96. The van der Waals surface area contributed by atoms with E-state index in [1.54, 1.807) is 0 Å². The van der Waals surface area contributed by atoms with Crippen LogP contribution < -0.4 is 0 Å². The molecule has 0 N–H and O–H groups in total. The average Bonchev–Trinajstić information content (AvgIpc) is 2.72. The molecular weight excluding hydrogens is 252 g/mol. The van der Waals surface area contributed by atoms with E-state index < -0.39 is 0 Å². The number of rotatable bonds is 3. The Bertz CT molecular complexity index is 401. The van der Waals surface area contributed by atoms with Crippen LogP contribution in [-0.2, 0) is 14.3 Å². The summed E-state index contributed by atoms with van der Waals surface area (Å²) < 4.78 is 11.8. The van der Waals surface area contributed by atoms with Gasteiger partial charge in [-0.05, 0) is 36.0 Å². The fourth-order valence-electron chi connectivity index (χ4n) is 4.45. The van der Waals surface area contributed by atoms with Crippen molar-refractivity contribution in [2.24, 2.45) is 35.0 Å². The van der Waals surface area contributed by atoms with Crippen LogP contribution in [0.15, 0.2) is 0 Å². The van der Waals surface area contributed by atoms with Gasteiger partial charge in [0.2, 0.25) is 6.29 Å². The van der Waals surface area contributed by atoms with Crippen LogP contribution in [0.1, 0.15) is 53.9 Å². The van der Waals surface area contributed by atoms with E-state index in [1.165, 1.54) is 12.8 Å². The lowest BCUT2D eigenvalue weighted by molar-refractivity contribution is -0.201. The van der Waals surface area contributed by atoms with Gasteiger partial charge in [-0.25, -0.2) is 0 Å². The molecule has 1 heterocycles. The van der Waals surface area contributed by atoms with Crippen molar-refractivity contribution in [2.45, 2.75) is 66.3 Å². The van der Waals surface area contributed by atoms with Crippen molar-refractivity contribution in [3.8, 4) is 0 Å². The molecule has 3 aliphatic rings. The quantitative estimate of drug-likeness (QED) is 0.741. The molecule has 114 valence electrons. The fourth-order valence-corrected chi connectivity index (χ4v) is 4.45. The molecule has 3 rings (SSSR count). The first kappa shape index (κ1) is 14.4. The van der Waals surface area contributed by atoms with Gasteiger partial charge in [0.1, 0.15) is 0 Å². The second kappa shape index (κ2) is 4.72. The predicted octanol–water partition coefficient (Wildman–Crippen LogP) is 3.62. The minimum atomic E-state index is -0.293. The van der Waals surface area contributed by atoms with Crippen LogP contribution in [0.2, 0.25) is 0 Å². The zero-order valence-corrected chi connectivity index (χ0v) is 13.4. The molecule has 3 nitrogen and oxygen atoms in total. The molecule has 0 unspecified atom stereocenters. The number of hydrogen-bond donors (Lipinski definition) is 0. The summed E-state index contributed by atoms with van der Waals surface area (Å²) in [5.41, 5.74) is 0.0770. The standard InChI is InChI=1S/C17H28O3/c1-9(2)11-7-6-10(3)8-12(11)19-16-14-13(15(18)20-16)17(14,4)5/h9-14,16H,6-8H2,1-5H3/t10-,11+,12-,13-,14+,16+/m0/s1. The van der Waals surface area contributed by atoms with E-state index in [0.717, 1.165) is 12.3 Å². The SMILES string of the molecule is CC(C)[C@H]1CC[C@H](C)C[C@@H]1O[C@@H]1OC(=O)[C@@H]2[C@H]1C2(C)C. The Morgan fingerprint density at radius 2 is 2.00 bits per heavy atom. The van der Waals surface area contributed by atoms with Crippen LogP contribution in [0.5, 0.6) is 0 Å². The summed E-state index contributed by atoms with van der Waals surface area (Å²) in [4.78, 5) is 11.9. The summed E-state index contributed by atoms with van der Waals surface area (Å²) in [6.07, 6.45) is 3.60. The van der Waals surface area contributed by atoms with Crippen molar-refractivity contribution < 1.29 is 14.3 Å². The van der Waals surface area contributed by atoms with Crippen LogP contribution in [0.3, 0.4) is 0 Å². The minimum absolute atomic E-state index is 0.0463. The summed E-state index contributed by atoms with van der Waals surface area (Å²) >= 11 is 0. The first-order valence-electron chi connectivity index (χ1n) is 8.18. The summed E-state index contributed by atoms with van der Waals surface area (Å²) in [5, 5.41) is 0. The molecule has 2 saturated carbocycles. The maximum absolute atomic E-state index is 11.9. The Kier molecular flexibility index (Phi) is 3.39. The van der Waals surface area contributed by atoms with E-state index in [9.17, 15) is 4.79 Å². The van der Waals surface area contributed by atoms with Crippen molar-refractivity contribution in [1.29, 1.82) is 0 Å². The van der Waals surface area contributed by atoms with Crippen LogP contribution in [0.4, 0.5) is 0 Å². The average molecular weight is 280 g/mol. The number of esters is 1. The highest BCUT2D eigenvalue weighted by molar-refractivity contribution is 5.80. The molecule has 0 bridgehead atoms. The number of ether oxygens (including phenoxy) is 2. The van der Waals surface area contributed by atoms with Gasteiger partial charge < -0.3 is 9.47 Å². The van der Waals surface area contributed by atoms with E-state index in [0.29, 0.717) is 11.8 Å². The topological polar surface area (TPSA) is 35.5 Å². The van der Waals surface area contributed by atoms with Gasteiger partial charge in [0.25, 0.3) is 0 Å². The zero-order valence-electron chi connectivity index (χ0n) is 13.4. The molecule has 3 heteroatoms. The van der Waals surface area contributed by atoms with Crippen molar-refractivity contribution in [3.63, 3.8) is 0 Å². The smallest absolute Gasteiger partial charge is 0.312 e. The number of hydrogen-bond acceptors (Lipinski definition) is 3. The van der Waals surface area contributed by atoms with Gasteiger partial charge in [-0.2, -0.15) is 0 Å².